The second kappa shape index (κ2) is 6.87. The molecule has 0 bridgehead atoms. The summed E-state index contributed by atoms with van der Waals surface area (Å²) in [5.74, 6) is -2.30. The summed E-state index contributed by atoms with van der Waals surface area (Å²) >= 11 is 5.89. The fraction of sp³-hybridized carbons (Fsp3) is 0.0625. The minimum absolute atomic E-state index is 0.117. The maximum Gasteiger partial charge on any atom is 0.232 e. The second-order valence-corrected chi connectivity index (χ2v) is 4.90. The lowest BCUT2D eigenvalue weighted by atomic mass is 10.1. The van der Waals surface area contributed by atoms with Crippen LogP contribution in [0.25, 0.3) is 0 Å². The Hall–Kier alpha value is -2.66. The maximum atomic E-state index is 11.9. The first-order valence-corrected chi connectivity index (χ1v) is 6.74. The Morgan fingerprint density at radius 3 is 2.32 bits per heavy atom. The van der Waals surface area contributed by atoms with Crippen LogP contribution in [0.4, 0.5) is 5.69 Å². The molecule has 0 radical (unpaired) electrons. The normalized spacial score (nSPS) is 10.0. The van der Waals surface area contributed by atoms with Crippen molar-refractivity contribution in [3.63, 3.8) is 0 Å². The lowest BCUT2D eigenvalue weighted by Crippen LogP contribution is -2.23. The highest BCUT2D eigenvalue weighted by Gasteiger charge is 2.13. The third kappa shape index (κ3) is 3.93. The van der Waals surface area contributed by atoms with Gasteiger partial charge in [0.05, 0.1) is 23.1 Å². The number of halogens is 1. The van der Waals surface area contributed by atoms with Gasteiger partial charge in [0.1, 0.15) is 0 Å². The van der Waals surface area contributed by atoms with E-state index < -0.39 is 11.9 Å². The average molecular weight is 317 g/mol. The number of carboxylic acids is 1. The minimum Gasteiger partial charge on any atom is -0.545 e. The van der Waals surface area contributed by atoms with E-state index in [1.54, 1.807) is 30.3 Å². The number of carboxylic acid groups (broad SMARTS) is 1. The summed E-state index contributed by atoms with van der Waals surface area (Å²) in [5, 5.41) is 13.4. The molecule has 1 N–H and O–H groups in total. The Bertz CT molecular complexity index is 728. The van der Waals surface area contributed by atoms with Crippen LogP contribution in [0.5, 0.6) is 0 Å². The van der Waals surface area contributed by atoms with Crippen LogP contribution in [-0.4, -0.2) is 17.7 Å². The highest BCUT2D eigenvalue weighted by atomic mass is 35.5. The van der Waals surface area contributed by atoms with Crippen LogP contribution in [0.2, 0.25) is 5.02 Å². The highest BCUT2D eigenvalue weighted by molar-refractivity contribution is 6.34. The molecule has 2 rings (SSSR count). The molecule has 0 saturated heterocycles. The largest absolute Gasteiger partial charge is 0.545 e. The summed E-state index contributed by atoms with van der Waals surface area (Å²) in [6, 6.07) is 12.2. The molecule has 0 unspecified atom stereocenters. The van der Waals surface area contributed by atoms with Crippen LogP contribution in [0, 0.1) is 0 Å². The molecular formula is C16H11ClNO4-. The summed E-state index contributed by atoms with van der Waals surface area (Å²) < 4.78 is 0. The first-order chi connectivity index (χ1) is 10.5. The maximum absolute atomic E-state index is 11.9. The van der Waals surface area contributed by atoms with Crippen molar-refractivity contribution in [1.29, 1.82) is 0 Å². The molecule has 1 amide bonds. The summed E-state index contributed by atoms with van der Waals surface area (Å²) in [6.07, 6.45) is -0.365. The summed E-state index contributed by atoms with van der Waals surface area (Å²) in [5.41, 5.74) is 0.426. The predicted octanol–water partition coefficient (Wildman–Crippen LogP) is 1.91. The lowest BCUT2D eigenvalue weighted by molar-refractivity contribution is -0.255. The van der Waals surface area contributed by atoms with E-state index in [9.17, 15) is 19.5 Å². The average Bonchev–Trinajstić information content (AvgIpc) is 2.50. The first-order valence-electron chi connectivity index (χ1n) is 6.36. The fourth-order valence-electron chi connectivity index (χ4n) is 1.81. The number of ketones is 1. The van der Waals surface area contributed by atoms with Crippen LogP contribution in [-0.2, 0) is 4.79 Å². The van der Waals surface area contributed by atoms with Gasteiger partial charge in [-0.3, -0.25) is 9.59 Å². The molecule has 5 nitrogen and oxygen atoms in total. The molecule has 2 aromatic carbocycles. The van der Waals surface area contributed by atoms with Gasteiger partial charge in [-0.1, -0.05) is 48.0 Å². The molecule has 22 heavy (non-hydrogen) atoms. The van der Waals surface area contributed by atoms with Crippen LogP contribution >= 0.6 is 11.6 Å². The molecule has 0 saturated carbocycles. The van der Waals surface area contributed by atoms with Gasteiger partial charge in [0.15, 0.2) is 5.78 Å². The number of rotatable bonds is 5. The van der Waals surface area contributed by atoms with E-state index in [2.05, 4.69) is 5.32 Å². The molecule has 0 aromatic heterocycles. The van der Waals surface area contributed by atoms with E-state index in [-0.39, 0.29) is 28.5 Å². The Morgan fingerprint density at radius 2 is 1.68 bits per heavy atom. The Balaban J connectivity index is 2.08. The second-order valence-electron chi connectivity index (χ2n) is 4.50. The van der Waals surface area contributed by atoms with Crippen molar-refractivity contribution in [3.05, 3.63) is 64.7 Å². The van der Waals surface area contributed by atoms with E-state index >= 15 is 0 Å². The monoisotopic (exact) mass is 316 g/mol. The first kappa shape index (κ1) is 15.7. The van der Waals surface area contributed by atoms with Crippen molar-refractivity contribution < 1.29 is 19.5 Å². The standard InChI is InChI=1S/C16H12ClNO4/c17-12-7-6-11(16(21)22)8-13(12)18-15(20)9-14(19)10-4-2-1-3-5-10/h1-8H,9H2,(H,18,20)(H,21,22)/p-1. The van der Waals surface area contributed by atoms with Crippen LogP contribution in [0.1, 0.15) is 27.1 Å². The number of nitrogens with one attached hydrogen (secondary N) is 1. The zero-order chi connectivity index (χ0) is 16.1. The van der Waals surface area contributed by atoms with Gasteiger partial charge in [-0.25, -0.2) is 0 Å². The van der Waals surface area contributed by atoms with Crippen molar-refractivity contribution in [2.45, 2.75) is 6.42 Å². The molecule has 0 aliphatic rings. The van der Waals surface area contributed by atoms with Crippen LogP contribution in [0.15, 0.2) is 48.5 Å². The minimum atomic E-state index is -1.38. The Kier molecular flexibility index (Phi) is 4.91. The van der Waals surface area contributed by atoms with Crippen molar-refractivity contribution in [3.8, 4) is 0 Å². The zero-order valence-corrected chi connectivity index (χ0v) is 12.1. The highest BCUT2D eigenvalue weighted by Crippen LogP contribution is 2.23. The third-order valence-electron chi connectivity index (χ3n) is 2.89. The van der Waals surface area contributed by atoms with Crippen molar-refractivity contribution in [1.82, 2.24) is 0 Å². The van der Waals surface area contributed by atoms with Gasteiger partial charge in [0.2, 0.25) is 5.91 Å². The number of Topliss-reactive ketones (excluding diaryl/α,β-unsaturated/α-hetero) is 1. The molecule has 0 spiro atoms. The van der Waals surface area contributed by atoms with Crippen molar-refractivity contribution >= 4 is 34.9 Å². The summed E-state index contributed by atoms with van der Waals surface area (Å²) in [6.45, 7) is 0. The number of aromatic carboxylic acids is 1. The topological polar surface area (TPSA) is 86.3 Å². The van der Waals surface area contributed by atoms with Crippen LogP contribution < -0.4 is 10.4 Å². The van der Waals surface area contributed by atoms with Gasteiger partial charge in [-0.2, -0.15) is 0 Å². The molecule has 0 fully saturated rings. The Labute approximate surface area is 131 Å². The molecule has 0 heterocycles. The summed E-state index contributed by atoms with van der Waals surface area (Å²) in [7, 11) is 0. The molecule has 6 heteroatoms. The number of hydrogen-bond donors (Lipinski definition) is 1. The SMILES string of the molecule is O=C(CC(=O)c1ccccc1)Nc1cc(C(=O)[O-])ccc1Cl. The van der Waals surface area contributed by atoms with Gasteiger partial charge in [0.25, 0.3) is 0 Å². The number of anilines is 1. The number of benzene rings is 2. The molecular weight excluding hydrogens is 306 g/mol. The lowest BCUT2D eigenvalue weighted by Gasteiger charge is -2.10. The van der Waals surface area contributed by atoms with Gasteiger partial charge >= 0.3 is 0 Å². The van der Waals surface area contributed by atoms with E-state index in [0.717, 1.165) is 0 Å². The van der Waals surface area contributed by atoms with Crippen molar-refractivity contribution in [2.75, 3.05) is 5.32 Å². The van der Waals surface area contributed by atoms with E-state index in [4.69, 9.17) is 11.6 Å². The van der Waals surface area contributed by atoms with E-state index in [1.165, 1.54) is 18.2 Å². The third-order valence-corrected chi connectivity index (χ3v) is 3.22. The number of carbonyl (C=O) groups excluding carboxylic acids is 3. The number of hydrogen-bond acceptors (Lipinski definition) is 4. The number of carbonyl (C=O) groups is 3. The molecule has 0 aliphatic heterocycles. The van der Waals surface area contributed by atoms with Gasteiger partial charge in [0, 0.05) is 5.56 Å². The Morgan fingerprint density at radius 1 is 1.00 bits per heavy atom. The number of amides is 1. The predicted molar refractivity (Wildman–Crippen MR) is 79.8 cm³/mol. The quantitative estimate of drug-likeness (QED) is 0.674. The molecule has 0 atom stereocenters. The van der Waals surface area contributed by atoms with Gasteiger partial charge in [-0.15, -0.1) is 0 Å². The van der Waals surface area contributed by atoms with E-state index in [0.29, 0.717) is 5.56 Å². The van der Waals surface area contributed by atoms with Crippen LogP contribution in [0.3, 0.4) is 0 Å². The van der Waals surface area contributed by atoms with Gasteiger partial charge < -0.3 is 15.2 Å². The molecule has 2 aromatic rings. The molecule has 112 valence electrons. The van der Waals surface area contributed by atoms with Crippen molar-refractivity contribution in [2.24, 2.45) is 0 Å². The fourth-order valence-corrected chi connectivity index (χ4v) is 1.98. The summed E-state index contributed by atoms with van der Waals surface area (Å²) in [4.78, 5) is 34.6. The van der Waals surface area contributed by atoms with Gasteiger partial charge in [-0.05, 0) is 17.7 Å². The smallest absolute Gasteiger partial charge is 0.232 e. The zero-order valence-electron chi connectivity index (χ0n) is 11.3. The van der Waals surface area contributed by atoms with E-state index in [1.807, 2.05) is 0 Å². The molecule has 0 aliphatic carbocycles.